The van der Waals surface area contributed by atoms with Crippen LogP contribution in [0.4, 0.5) is 0 Å². The first-order valence-electron chi connectivity index (χ1n) is 11.6. The van der Waals surface area contributed by atoms with Crippen LogP contribution in [-0.4, -0.2) is 66.6 Å². The van der Waals surface area contributed by atoms with Gasteiger partial charge in [-0.2, -0.15) is 0 Å². The number of hydrogen-bond acceptors (Lipinski definition) is 3. The lowest BCUT2D eigenvalue weighted by Crippen LogP contribution is -2.57. The van der Waals surface area contributed by atoms with E-state index in [1.165, 1.54) is 77.8 Å². The van der Waals surface area contributed by atoms with Gasteiger partial charge in [0.05, 0.1) is 0 Å². The van der Waals surface area contributed by atoms with Gasteiger partial charge >= 0.3 is 0 Å². The summed E-state index contributed by atoms with van der Waals surface area (Å²) in [5.41, 5.74) is 2.77. The first-order chi connectivity index (χ1) is 13.3. The van der Waals surface area contributed by atoms with Crippen LogP contribution >= 0.6 is 0 Å². The van der Waals surface area contributed by atoms with Crippen molar-refractivity contribution in [2.45, 2.75) is 70.4 Å². The standard InChI is InChI=1S/C25H41N3/c1-23(2,3)27-16-14-24(15-17-27)10-12-25(13-11-24,22-8-6-5-7-9-22)28-20-18-26(4)19-21-28/h5-9H,10-21H2,1-4H3. The molecule has 3 fully saturated rings. The van der Waals surface area contributed by atoms with Gasteiger partial charge in [0.2, 0.25) is 0 Å². The van der Waals surface area contributed by atoms with Crippen molar-refractivity contribution in [2.24, 2.45) is 5.41 Å². The van der Waals surface area contributed by atoms with Crippen LogP contribution in [0.2, 0.25) is 0 Å². The summed E-state index contributed by atoms with van der Waals surface area (Å²) in [5, 5.41) is 0. The Morgan fingerprint density at radius 2 is 1.29 bits per heavy atom. The summed E-state index contributed by atoms with van der Waals surface area (Å²) in [6.07, 6.45) is 8.31. The molecule has 3 heteroatoms. The Morgan fingerprint density at radius 1 is 0.714 bits per heavy atom. The summed E-state index contributed by atoms with van der Waals surface area (Å²) >= 11 is 0. The molecule has 1 aromatic rings. The van der Waals surface area contributed by atoms with Crippen molar-refractivity contribution in [1.82, 2.24) is 14.7 Å². The molecule has 0 radical (unpaired) electrons. The molecule has 1 aromatic carbocycles. The average molecular weight is 384 g/mol. The predicted octanol–water partition coefficient (Wildman–Crippen LogP) is 4.58. The van der Waals surface area contributed by atoms with Crippen LogP contribution in [0.25, 0.3) is 0 Å². The van der Waals surface area contributed by atoms with Gasteiger partial charge in [-0.1, -0.05) is 30.3 Å². The molecule has 4 rings (SSSR count). The van der Waals surface area contributed by atoms with E-state index in [4.69, 9.17) is 0 Å². The second kappa shape index (κ2) is 7.74. The van der Waals surface area contributed by atoms with Crippen LogP contribution in [0.1, 0.15) is 64.9 Å². The zero-order valence-electron chi connectivity index (χ0n) is 18.7. The van der Waals surface area contributed by atoms with Gasteiger partial charge in [0.1, 0.15) is 0 Å². The third kappa shape index (κ3) is 3.91. The molecule has 2 saturated heterocycles. The van der Waals surface area contributed by atoms with Crippen molar-refractivity contribution >= 4 is 0 Å². The monoisotopic (exact) mass is 383 g/mol. The maximum atomic E-state index is 2.85. The largest absolute Gasteiger partial charge is 0.304 e. The van der Waals surface area contributed by atoms with Crippen molar-refractivity contribution in [3.05, 3.63) is 35.9 Å². The van der Waals surface area contributed by atoms with Crippen molar-refractivity contribution in [1.29, 1.82) is 0 Å². The minimum absolute atomic E-state index is 0.273. The third-order valence-electron chi connectivity index (χ3n) is 8.33. The molecular weight excluding hydrogens is 342 g/mol. The smallest absolute Gasteiger partial charge is 0.0462 e. The number of likely N-dealkylation sites (N-methyl/N-ethyl adjacent to an activating group) is 1. The fourth-order valence-corrected chi connectivity index (χ4v) is 6.12. The van der Waals surface area contributed by atoms with Crippen LogP contribution in [0.3, 0.4) is 0 Å². The van der Waals surface area contributed by atoms with E-state index in [0.29, 0.717) is 11.0 Å². The molecule has 2 heterocycles. The molecule has 2 aliphatic heterocycles. The Bertz CT molecular complexity index is 622. The molecule has 1 aliphatic carbocycles. The van der Waals surface area contributed by atoms with Crippen LogP contribution in [0.5, 0.6) is 0 Å². The number of hydrogen-bond donors (Lipinski definition) is 0. The highest BCUT2D eigenvalue weighted by Gasteiger charge is 2.48. The number of piperazine rings is 1. The van der Waals surface area contributed by atoms with Crippen molar-refractivity contribution in [3.8, 4) is 0 Å². The van der Waals surface area contributed by atoms with Gasteiger partial charge in [-0.15, -0.1) is 0 Å². The highest BCUT2D eigenvalue weighted by molar-refractivity contribution is 5.26. The normalized spacial score (nSPS) is 27.1. The topological polar surface area (TPSA) is 9.72 Å². The Kier molecular flexibility index (Phi) is 5.63. The van der Waals surface area contributed by atoms with E-state index in [2.05, 4.69) is 72.9 Å². The number of nitrogens with zero attached hydrogens (tertiary/aromatic N) is 3. The van der Waals surface area contributed by atoms with Gasteiger partial charge in [-0.3, -0.25) is 9.80 Å². The fraction of sp³-hybridized carbons (Fsp3) is 0.760. The Labute approximate surface area is 173 Å². The number of likely N-dealkylation sites (tertiary alicyclic amines) is 1. The van der Waals surface area contributed by atoms with E-state index in [1.807, 2.05) is 0 Å². The molecule has 28 heavy (non-hydrogen) atoms. The summed E-state index contributed by atoms with van der Waals surface area (Å²) in [6.45, 7) is 14.6. The van der Waals surface area contributed by atoms with Crippen molar-refractivity contribution in [2.75, 3.05) is 46.3 Å². The summed E-state index contributed by atoms with van der Waals surface area (Å²) in [6, 6.07) is 11.5. The number of piperidine rings is 1. The molecule has 3 nitrogen and oxygen atoms in total. The summed E-state index contributed by atoms with van der Waals surface area (Å²) in [4.78, 5) is 8.04. The first kappa shape index (κ1) is 20.4. The lowest BCUT2D eigenvalue weighted by molar-refractivity contribution is -0.0474. The summed E-state index contributed by atoms with van der Waals surface area (Å²) in [5.74, 6) is 0. The molecular formula is C25H41N3. The highest BCUT2D eigenvalue weighted by atomic mass is 15.3. The molecule has 1 spiro atoms. The zero-order valence-corrected chi connectivity index (χ0v) is 18.7. The number of rotatable bonds is 2. The lowest BCUT2D eigenvalue weighted by atomic mass is 9.61. The molecule has 156 valence electrons. The lowest BCUT2D eigenvalue weighted by Gasteiger charge is -2.56. The van der Waals surface area contributed by atoms with Gasteiger partial charge < -0.3 is 4.90 Å². The highest BCUT2D eigenvalue weighted by Crippen LogP contribution is 2.53. The molecule has 0 aromatic heterocycles. The molecule has 1 saturated carbocycles. The fourth-order valence-electron chi connectivity index (χ4n) is 6.12. The van der Waals surface area contributed by atoms with Gasteiger partial charge in [0, 0.05) is 37.3 Å². The van der Waals surface area contributed by atoms with E-state index in [0.717, 1.165) is 0 Å². The zero-order chi connectivity index (χ0) is 19.8. The van der Waals surface area contributed by atoms with Crippen molar-refractivity contribution < 1.29 is 0 Å². The minimum Gasteiger partial charge on any atom is -0.304 e. The Morgan fingerprint density at radius 3 is 1.82 bits per heavy atom. The van der Waals surface area contributed by atoms with Gasteiger partial charge in [-0.25, -0.2) is 0 Å². The molecule has 3 aliphatic rings. The van der Waals surface area contributed by atoms with Gasteiger partial charge in [0.25, 0.3) is 0 Å². The van der Waals surface area contributed by atoms with Gasteiger partial charge in [0.15, 0.2) is 0 Å². The number of benzene rings is 1. The predicted molar refractivity (Wildman–Crippen MR) is 119 cm³/mol. The molecule has 0 unspecified atom stereocenters. The Hall–Kier alpha value is -0.900. The second-order valence-electron chi connectivity index (χ2n) is 10.8. The SMILES string of the molecule is CN1CCN(C2(c3ccccc3)CCC3(CCN(C(C)(C)C)CC3)CC2)CC1. The van der Waals surface area contributed by atoms with E-state index in [-0.39, 0.29) is 5.54 Å². The summed E-state index contributed by atoms with van der Waals surface area (Å²) < 4.78 is 0. The minimum atomic E-state index is 0.273. The van der Waals surface area contributed by atoms with Crippen LogP contribution in [0, 0.1) is 5.41 Å². The maximum Gasteiger partial charge on any atom is 0.0462 e. The van der Waals surface area contributed by atoms with E-state index in [1.54, 1.807) is 5.56 Å². The maximum absolute atomic E-state index is 2.85. The van der Waals surface area contributed by atoms with Gasteiger partial charge in [-0.05, 0) is 90.4 Å². The molecule has 0 atom stereocenters. The van der Waals surface area contributed by atoms with Crippen LogP contribution in [0.15, 0.2) is 30.3 Å². The third-order valence-corrected chi connectivity index (χ3v) is 8.33. The van der Waals surface area contributed by atoms with Crippen LogP contribution in [-0.2, 0) is 5.54 Å². The second-order valence-corrected chi connectivity index (χ2v) is 10.8. The van der Waals surface area contributed by atoms with E-state index >= 15 is 0 Å². The quantitative estimate of drug-likeness (QED) is 0.740. The average Bonchev–Trinajstić information content (AvgIpc) is 2.70. The van der Waals surface area contributed by atoms with Crippen molar-refractivity contribution in [3.63, 3.8) is 0 Å². The first-order valence-corrected chi connectivity index (χ1v) is 11.6. The molecule has 0 bridgehead atoms. The Balaban J connectivity index is 1.50. The molecule has 0 amide bonds. The van der Waals surface area contributed by atoms with Crippen LogP contribution < -0.4 is 0 Å². The molecule has 0 N–H and O–H groups in total. The van der Waals surface area contributed by atoms with E-state index in [9.17, 15) is 0 Å². The summed E-state index contributed by atoms with van der Waals surface area (Å²) in [7, 11) is 2.27. The van der Waals surface area contributed by atoms with E-state index < -0.39 is 0 Å².